The van der Waals surface area contributed by atoms with E-state index in [0.717, 1.165) is 11.4 Å². The number of hydrogen-bond donors (Lipinski definition) is 1. The van der Waals surface area contributed by atoms with Crippen molar-refractivity contribution in [3.8, 4) is 12.3 Å². The molecule has 1 heterocycles. The summed E-state index contributed by atoms with van der Waals surface area (Å²) in [5, 5.41) is 4.50. The first-order valence-electron chi connectivity index (χ1n) is 5.44. The zero-order valence-electron chi connectivity index (χ0n) is 9.68. The molecule has 1 aromatic carbocycles. The van der Waals surface area contributed by atoms with Crippen LogP contribution in [0.3, 0.4) is 0 Å². The topological polar surface area (TPSA) is 29.3 Å². The molecule has 1 aromatic heterocycles. The van der Waals surface area contributed by atoms with Crippen LogP contribution in [-0.2, 0) is 6.54 Å². The lowest BCUT2D eigenvalue weighted by atomic mass is 10.3. The van der Waals surface area contributed by atoms with E-state index in [-0.39, 0.29) is 0 Å². The van der Waals surface area contributed by atoms with E-state index in [4.69, 9.17) is 18.0 Å². The minimum absolute atomic E-state index is 0.374. The Morgan fingerprint density at radius 2 is 2.06 bits per heavy atom. The third-order valence-corrected chi connectivity index (χ3v) is 2.64. The molecule has 3 nitrogen and oxygen atoms in total. The number of halogens is 1. The summed E-state index contributed by atoms with van der Waals surface area (Å²) in [4.78, 5) is 0. The molecule has 4 heteroatoms. The summed E-state index contributed by atoms with van der Waals surface area (Å²) in [6.45, 7) is 0.472. The highest BCUT2D eigenvalue weighted by atomic mass is 35.5. The molecule has 0 aliphatic carbocycles. The van der Waals surface area contributed by atoms with Gasteiger partial charge in [0.2, 0.25) is 0 Å². The standard InChI is InChI=1S/C14H12ClN3/c1-2-10-18-11-6-9-13(18)14(15)17-16-12-7-4-3-5-8-12/h1,3-9,11,16H,10H2/b17-14-. The largest absolute Gasteiger partial charge is 0.334 e. The Morgan fingerprint density at radius 3 is 2.78 bits per heavy atom. The van der Waals surface area contributed by atoms with E-state index in [1.165, 1.54) is 0 Å². The SMILES string of the molecule is C#CCn1cccc1/C(Cl)=N/Nc1ccccc1. The summed E-state index contributed by atoms with van der Waals surface area (Å²) in [5.74, 6) is 2.57. The second kappa shape index (κ2) is 5.95. The summed E-state index contributed by atoms with van der Waals surface area (Å²) < 4.78 is 1.86. The normalized spacial score (nSPS) is 11.0. The highest BCUT2D eigenvalue weighted by molar-refractivity contribution is 6.69. The van der Waals surface area contributed by atoms with Crippen LogP contribution in [0.15, 0.2) is 53.8 Å². The van der Waals surface area contributed by atoms with Crippen LogP contribution >= 0.6 is 11.6 Å². The number of nitrogens with zero attached hydrogens (tertiary/aromatic N) is 2. The molecule has 0 unspecified atom stereocenters. The predicted octanol–water partition coefficient (Wildman–Crippen LogP) is 3.13. The van der Waals surface area contributed by atoms with Crippen LogP contribution in [0, 0.1) is 12.3 Å². The zero-order valence-corrected chi connectivity index (χ0v) is 10.4. The first kappa shape index (κ1) is 12.3. The Labute approximate surface area is 111 Å². The molecule has 0 aliphatic heterocycles. The number of aromatic nitrogens is 1. The van der Waals surface area contributed by atoms with Gasteiger partial charge in [0.15, 0.2) is 5.17 Å². The van der Waals surface area contributed by atoms with Crippen LogP contribution in [0.4, 0.5) is 5.69 Å². The average Bonchev–Trinajstić information content (AvgIpc) is 2.86. The number of rotatable bonds is 4. The van der Waals surface area contributed by atoms with Gasteiger partial charge >= 0.3 is 0 Å². The van der Waals surface area contributed by atoms with E-state index < -0.39 is 0 Å². The maximum Gasteiger partial charge on any atom is 0.172 e. The molecule has 0 fully saturated rings. The molecular formula is C14H12ClN3. The molecule has 90 valence electrons. The lowest BCUT2D eigenvalue weighted by molar-refractivity contribution is 0.842. The molecule has 0 spiro atoms. The van der Waals surface area contributed by atoms with Gasteiger partial charge in [-0.05, 0) is 24.3 Å². The van der Waals surface area contributed by atoms with Crippen molar-refractivity contribution in [2.45, 2.75) is 6.54 Å². The quantitative estimate of drug-likeness (QED) is 0.509. The van der Waals surface area contributed by atoms with Gasteiger partial charge in [0.05, 0.1) is 17.9 Å². The highest BCUT2D eigenvalue weighted by Gasteiger charge is 2.05. The van der Waals surface area contributed by atoms with Crippen LogP contribution in [0.2, 0.25) is 0 Å². The zero-order chi connectivity index (χ0) is 12.8. The fourth-order valence-corrected chi connectivity index (χ4v) is 1.74. The van der Waals surface area contributed by atoms with E-state index in [1.807, 2.05) is 53.2 Å². The maximum absolute atomic E-state index is 6.14. The first-order chi connectivity index (χ1) is 8.81. The molecular weight excluding hydrogens is 246 g/mol. The lowest BCUT2D eigenvalue weighted by Gasteiger charge is -2.04. The molecule has 0 aliphatic rings. The number of hydrogen-bond acceptors (Lipinski definition) is 2. The molecule has 0 atom stereocenters. The lowest BCUT2D eigenvalue weighted by Crippen LogP contribution is -2.05. The van der Waals surface area contributed by atoms with E-state index >= 15 is 0 Å². The van der Waals surface area contributed by atoms with Gasteiger partial charge in [-0.2, -0.15) is 5.10 Å². The molecule has 0 saturated heterocycles. The van der Waals surface area contributed by atoms with Gasteiger partial charge in [-0.25, -0.2) is 0 Å². The van der Waals surface area contributed by atoms with Gasteiger partial charge in [0, 0.05) is 6.20 Å². The van der Waals surface area contributed by atoms with E-state index in [0.29, 0.717) is 11.7 Å². The molecule has 0 saturated carbocycles. The van der Waals surface area contributed by atoms with Gasteiger partial charge in [-0.1, -0.05) is 35.7 Å². The van der Waals surface area contributed by atoms with E-state index in [9.17, 15) is 0 Å². The Morgan fingerprint density at radius 1 is 1.28 bits per heavy atom. The molecule has 2 aromatic rings. The predicted molar refractivity (Wildman–Crippen MR) is 75.7 cm³/mol. The second-order valence-corrected chi connectivity index (χ2v) is 3.96. The van der Waals surface area contributed by atoms with Gasteiger partial charge in [0.25, 0.3) is 0 Å². The van der Waals surface area contributed by atoms with Crippen molar-refractivity contribution in [1.29, 1.82) is 0 Å². The van der Waals surface area contributed by atoms with Crippen molar-refractivity contribution < 1.29 is 0 Å². The van der Waals surface area contributed by atoms with Crippen LogP contribution in [-0.4, -0.2) is 9.74 Å². The molecule has 1 N–H and O–H groups in total. The summed E-state index contributed by atoms with van der Waals surface area (Å²) in [6.07, 6.45) is 7.16. The molecule has 18 heavy (non-hydrogen) atoms. The van der Waals surface area contributed by atoms with Gasteiger partial charge in [-0.15, -0.1) is 6.42 Å². The van der Waals surface area contributed by atoms with Crippen LogP contribution < -0.4 is 5.43 Å². The van der Waals surface area contributed by atoms with Gasteiger partial charge < -0.3 is 4.57 Å². The van der Waals surface area contributed by atoms with Crippen LogP contribution in [0.1, 0.15) is 5.69 Å². The Hall–Kier alpha value is -2.18. The molecule has 0 radical (unpaired) electrons. The van der Waals surface area contributed by atoms with Gasteiger partial charge in [0.1, 0.15) is 0 Å². The van der Waals surface area contributed by atoms with E-state index in [1.54, 1.807) is 0 Å². The summed E-state index contributed by atoms with van der Waals surface area (Å²) in [5.41, 5.74) is 4.56. The summed E-state index contributed by atoms with van der Waals surface area (Å²) in [7, 11) is 0. The minimum atomic E-state index is 0.374. The minimum Gasteiger partial charge on any atom is -0.334 e. The number of anilines is 1. The third kappa shape index (κ3) is 2.93. The monoisotopic (exact) mass is 257 g/mol. The summed E-state index contributed by atoms with van der Waals surface area (Å²) >= 11 is 6.14. The van der Waals surface area contributed by atoms with Crippen molar-refractivity contribution in [2.75, 3.05) is 5.43 Å². The molecule has 0 bridgehead atoms. The molecule has 2 rings (SSSR count). The number of nitrogens with one attached hydrogen (secondary N) is 1. The Bertz CT molecular complexity index is 579. The highest BCUT2D eigenvalue weighted by Crippen LogP contribution is 2.10. The van der Waals surface area contributed by atoms with Gasteiger partial charge in [-0.3, -0.25) is 5.43 Å². The van der Waals surface area contributed by atoms with Crippen molar-refractivity contribution in [3.63, 3.8) is 0 Å². The van der Waals surface area contributed by atoms with Crippen LogP contribution in [0.25, 0.3) is 0 Å². The number of benzene rings is 1. The fraction of sp³-hybridized carbons (Fsp3) is 0.0714. The summed E-state index contributed by atoms with van der Waals surface area (Å²) in [6, 6.07) is 13.4. The van der Waals surface area contributed by atoms with Crippen molar-refractivity contribution >= 4 is 22.5 Å². The number of terminal acetylenes is 1. The second-order valence-electron chi connectivity index (χ2n) is 3.61. The fourth-order valence-electron chi connectivity index (χ4n) is 1.52. The van der Waals surface area contributed by atoms with Crippen molar-refractivity contribution in [2.24, 2.45) is 5.10 Å². The number of hydrazone groups is 1. The smallest absolute Gasteiger partial charge is 0.172 e. The Kier molecular flexibility index (Phi) is 4.06. The Balaban J connectivity index is 2.13. The molecule has 0 amide bonds. The maximum atomic E-state index is 6.14. The van der Waals surface area contributed by atoms with Crippen molar-refractivity contribution in [3.05, 3.63) is 54.4 Å². The first-order valence-corrected chi connectivity index (χ1v) is 5.82. The third-order valence-electron chi connectivity index (χ3n) is 2.36. The average molecular weight is 258 g/mol. The van der Waals surface area contributed by atoms with Crippen LogP contribution in [0.5, 0.6) is 0 Å². The van der Waals surface area contributed by atoms with Crippen molar-refractivity contribution in [1.82, 2.24) is 4.57 Å². The number of para-hydroxylation sites is 1. The van der Waals surface area contributed by atoms with E-state index in [2.05, 4.69) is 16.4 Å².